The first kappa shape index (κ1) is 17.9. The first-order valence-corrected chi connectivity index (χ1v) is 9.54. The van der Waals surface area contributed by atoms with Crippen molar-refractivity contribution in [2.45, 2.75) is 6.42 Å². The van der Waals surface area contributed by atoms with E-state index in [1.165, 1.54) is 10.5 Å². The molecule has 2 aliphatic heterocycles. The van der Waals surface area contributed by atoms with Gasteiger partial charge in [0.1, 0.15) is 5.65 Å². The number of ether oxygens (including phenoxy) is 3. The highest BCUT2D eigenvalue weighted by Crippen LogP contribution is 2.47. The first-order chi connectivity index (χ1) is 14.0. The van der Waals surface area contributed by atoms with Crippen molar-refractivity contribution in [1.82, 2.24) is 14.3 Å². The number of aromatic nitrogens is 2. The maximum absolute atomic E-state index is 12.7. The van der Waals surface area contributed by atoms with Crippen LogP contribution in [0.3, 0.4) is 0 Å². The lowest BCUT2D eigenvalue weighted by atomic mass is 10.0. The molecular formula is C21H18ClN3O4. The van der Waals surface area contributed by atoms with Crippen LogP contribution in [0.25, 0.3) is 17.4 Å². The van der Waals surface area contributed by atoms with Gasteiger partial charge in [0.2, 0.25) is 12.5 Å². The van der Waals surface area contributed by atoms with Gasteiger partial charge < -0.3 is 19.1 Å². The van der Waals surface area contributed by atoms with Crippen LogP contribution < -0.4 is 19.8 Å². The summed E-state index contributed by atoms with van der Waals surface area (Å²) in [6.07, 6.45) is 4.36. The highest BCUT2D eigenvalue weighted by atomic mass is 35.5. The van der Waals surface area contributed by atoms with E-state index in [0.29, 0.717) is 33.6 Å². The lowest BCUT2D eigenvalue weighted by Crippen LogP contribution is -2.22. The van der Waals surface area contributed by atoms with Crippen LogP contribution in [-0.4, -0.2) is 41.8 Å². The van der Waals surface area contributed by atoms with E-state index in [1.54, 1.807) is 25.4 Å². The van der Waals surface area contributed by atoms with Crippen LogP contribution in [-0.2, 0) is 6.42 Å². The molecule has 2 aliphatic rings. The van der Waals surface area contributed by atoms with Gasteiger partial charge in [0.25, 0.3) is 5.56 Å². The number of pyridine rings is 1. The minimum Gasteiger partial charge on any atom is -0.492 e. The van der Waals surface area contributed by atoms with E-state index >= 15 is 0 Å². The zero-order valence-electron chi connectivity index (χ0n) is 15.9. The quantitative estimate of drug-likeness (QED) is 0.645. The van der Waals surface area contributed by atoms with Gasteiger partial charge >= 0.3 is 0 Å². The van der Waals surface area contributed by atoms with Crippen LogP contribution in [0, 0.1) is 0 Å². The lowest BCUT2D eigenvalue weighted by molar-refractivity contribution is 0.171. The molecule has 4 heterocycles. The van der Waals surface area contributed by atoms with Crippen molar-refractivity contribution in [2.75, 3.05) is 27.5 Å². The van der Waals surface area contributed by atoms with E-state index in [0.717, 1.165) is 29.8 Å². The third kappa shape index (κ3) is 2.89. The fourth-order valence-corrected chi connectivity index (χ4v) is 3.94. The molecule has 0 atom stereocenters. The maximum Gasteiger partial charge on any atom is 0.258 e. The molecule has 0 aliphatic carbocycles. The van der Waals surface area contributed by atoms with E-state index in [1.807, 2.05) is 19.2 Å². The van der Waals surface area contributed by atoms with Gasteiger partial charge in [0, 0.05) is 31.4 Å². The van der Waals surface area contributed by atoms with Crippen LogP contribution in [0.15, 0.2) is 35.3 Å². The van der Waals surface area contributed by atoms with Gasteiger partial charge in [0.05, 0.1) is 23.5 Å². The number of methoxy groups -OCH3 is 1. The zero-order chi connectivity index (χ0) is 20.1. The van der Waals surface area contributed by atoms with Gasteiger partial charge in [-0.2, -0.15) is 0 Å². The Bertz CT molecular complexity index is 1230. The van der Waals surface area contributed by atoms with Crippen molar-refractivity contribution >= 4 is 29.0 Å². The highest BCUT2D eigenvalue weighted by Gasteiger charge is 2.27. The molecule has 148 valence electrons. The Hall–Kier alpha value is -3.19. The summed E-state index contributed by atoms with van der Waals surface area (Å²) in [6, 6.07) is 6.97. The van der Waals surface area contributed by atoms with Crippen LogP contribution in [0.5, 0.6) is 17.2 Å². The van der Waals surface area contributed by atoms with Crippen LogP contribution in [0.4, 0.5) is 0 Å². The molecule has 0 amide bonds. The smallest absolute Gasteiger partial charge is 0.258 e. The monoisotopic (exact) mass is 411 g/mol. The second-order valence-corrected chi connectivity index (χ2v) is 7.41. The summed E-state index contributed by atoms with van der Waals surface area (Å²) in [5.41, 5.74) is 3.77. The Kier molecular flexibility index (Phi) is 4.13. The molecule has 29 heavy (non-hydrogen) atoms. The summed E-state index contributed by atoms with van der Waals surface area (Å²) < 4.78 is 18.3. The Morgan fingerprint density at radius 3 is 2.93 bits per heavy atom. The fourth-order valence-electron chi connectivity index (χ4n) is 3.78. The predicted molar refractivity (Wildman–Crippen MR) is 110 cm³/mol. The standard InChI is InChI=1S/C21H18ClN3O4/c1-24-6-5-12-7-17-21(29-11-28-17)20(27-2)14(12)8-16(24)15-9-19(26)25-10-13(22)3-4-18(25)23-15/h3-4,7-10H,5-6,11H2,1-2H3. The second-order valence-electron chi connectivity index (χ2n) is 6.97. The molecule has 0 saturated heterocycles. The van der Waals surface area contributed by atoms with Crippen molar-refractivity contribution in [1.29, 1.82) is 0 Å². The summed E-state index contributed by atoms with van der Waals surface area (Å²) in [5, 5.41) is 0.481. The Morgan fingerprint density at radius 1 is 1.24 bits per heavy atom. The van der Waals surface area contributed by atoms with Crippen molar-refractivity contribution in [3.05, 3.63) is 62.7 Å². The summed E-state index contributed by atoms with van der Waals surface area (Å²) in [5.74, 6) is 1.93. The SMILES string of the molecule is COc1c2c(cc3c1OCO3)CCN(C)C(c1cc(=O)n3cc(Cl)ccc3n1)=C2. The molecule has 3 aromatic rings. The molecule has 0 fully saturated rings. The molecule has 0 radical (unpaired) electrons. The number of likely N-dealkylation sites (N-methyl/N-ethyl adjacent to an activating group) is 1. The van der Waals surface area contributed by atoms with E-state index in [4.69, 9.17) is 30.8 Å². The Morgan fingerprint density at radius 2 is 2.10 bits per heavy atom. The molecule has 7 nitrogen and oxygen atoms in total. The summed E-state index contributed by atoms with van der Waals surface area (Å²) in [6.45, 7) is 0.930. The number of hydrogen-bond acceptors (Lipinski definition) is 6. The molecule has 0 spiro atoms. The minimum atomic E-state index is -0.191. The predicted octanol–water partition coefficient (Wildman–Crippen LogP) is 3.07. The van der Waals surface area contributed by atoms with Crippen LogP contribution in [0.1, 0.15) is 16.8 Å². The molecular weight excluding hydrogens is 394 g/mol. The van der Waals surface area contributed by atoms with E-state index in [2.05, 4.69) is 4.90 Å². The molecule has 0 bridgehead atoms. The minimum absolute atomic E-state index is 0.177. The Labute approximate surface area is 171 Å². The maximum atomic E-state index is 12.7. The summed E-state index contributed by atoms with van der Waals surface area (Å²) >= 11 is 6.02. The van der Waals surface area contributed by atoms with Crippen molar-refractivity contribution < 1.29 is 14.2 Å². The number of fused-ring (bicyclic) bond motifs is 3. The normalized spacial score (nSPS) is 15.1. The number of nitrogens with zero attached hydrogens (tertiary/aromatic N) is 3. The fraction of sp³-hybridized carbons (Fsp3) is 0.238. The largest absolute Gasteiger partial charge is 0.492 e. The average Bonchev–Trinajstić information content (AvgIpc) is 3.11. The molecule has 8 heteroatoms. The number of halogens is 1. The van der Waals surface area contributed by atoms with Crippen molar-refractivity contribution in [3.63, 3.8) is 0 Å². The number of rotatable bonds is 2. The number of hydrogen-bond donors (Lipinski definition) is 0. The van der Waals surface area contributed by atoms with Crippen LogP contribution >= 0.6 is 11.6 Å². The molecule has 1 aromatic carbocycles. The van der Waals surface area contributed by atoms with Gasteiger partial charge in [0.15, 0.2) is 11.5 Å². The Balaban J connectivity index is 1.72. The lowest BCUT2D eigenvalue weighted by Gasteiger charge is -2.20. The molecule has 2 aromatic heterocycles. The van der Waals surface area contributed by atoms with E-state index in [9.17, 15) is 4.79 Å². The highest BCUT2D eigenvalue weighted by molar-refractivity contribution is 6.30. The second kappa shape index (κ2) is 6.70. The van der Waals surface area contributed by atoms with Crippen LogP contribution in [0.2, 0.25) is 5.02 Å². The third-order valence-electron chi connectivity index (χ3n) is 5.24. The van der Waals surface area contributed by atoms with E-state index in [-0.39, 0.29) is 12.4 Å². The van der Waals surface area contributed by atoms with Gasteiger partial charge in [-0.3, -0.25) is 9.20 Å². The van der Waals surface area contributed by atoms with Crippen molar-refractivity contribution in [3.8, 4) is 17.2 Å². The molecule has 0 saturated carbocycles. The first-order valence-electron chi connectivity index (χ1n) is 9.17. The molecule has 5 rings (SSSR count). The van der Waals surface area contributed by atoms with Crippen molar-refractivity contribution in [2.24, 2.45) is 0 Å². The third-order valence-corrected chi connectivity index (χ3v) is 5.47. The topological polar surface area (TPSA) is 65.3 Å². The van der Waals surface area contributed by atoms with E-state index < -0.39 is 0 Å². The average molecular weight is 412 g/mol. The van der Waals surface area contributed by atoms with Gasteiger partial charge in [-0.15, -0.1) is 0 Å². The zero-order valence-corrected chi connectivity index (χ0v) is 16.7. The number of benzene rings is 1. The summed E-state index contributed by atoms with van der Waals surface area (Å²) in [4.78, 5) is 19.4. The van der Waals surface area contributed by atoms with Gasteiger partial charge in [-0.1, -0.05) is 11.6 Å². The summed E-state index contributed by atoms with van der Waals surface area (Å²) in [7, 11) is 3.60. The van der Waals surface area contributed by atoms with Gasteiger partial charge in [-0.25, -0.2) is 4.98 Å². The molecule has 0 unspecified atom stereocenters. The molecule has 0 N–H and O–H groups in total. The van der Waals surface area contributed by atoms with Gasteiger partial charge in [-0.05, 0) is 36.3 Å².